The van der Waals surface area contributed by atoms with Gasteiger partial charge in [0.2, 0.25) is 0 Å². The second-order valence-electron chi connectivity index (χ2n) is 57.1. The lowest BCUT2D eigenvalue weighted by atomic mass is 9.44. The van der Waals surface area contributed by atoms with Crippen LogP contribution in [0.2, 0.25) is 5.04 Å². The number of allylic oxidation sites excluding steroid dienone is 2. The van der Waals surface area contributed by atoms with Gasteiger partial charge in [-0.2, -0.15) is 0 Å². The van der Waals surface area contributed by atoms with Crippen LogP contribution in [0.4, 0.5) is 0 Å². The van der Waals surface area contributed by atoms with Gasteiger partial charge in [0.25, 0.3) is 8.32 Å². The maximum Gasteiger partial charge on any atom is 0.306 e. The summed E-state index contributed by atoms with van der Waals surface area (Å²) < 4.78 is 75.7. The molecule has 18 nitrogen and oxygen atoms in total. The number of ether oxygens (including phenoxy) is 11. The number of hydrogen-bond donors (Lipinski definition) is 3. The van der Waals surface area contributed by atoms with E-state index in [1.54, 1.807) is 0 Å². The summed E-state index contributed by atoms with van der Waals surface area (Å²) in [6, 6.07) is 22.1. The van der Waals surface area contributed by atoms with Gasteiger partial charge in [0, 0.05) is 109 Å². The lowest BCUT2D eigenvalue weighted by Crippen LogP contribution is -2.66. The summed E-state index contributed by atoms with van der Waals surface area (Å²) in [7, 11) is -2.57. The van der Waals surface area contributed by atoms with Gasteiger partial charge in [-0.05, 0) is 329 Å². The smallest absolute Gasteiger partial charge is 0.306 e. The number of Topliss-reactive ketones (excluding diaryl/α,β-unsaturated/α-hetero) is 1. The number of carbonyl (C=O) groups excluding carboxylic acids is 3. The van der Waals surface area contributed by atoms with Crippen LogP contribution < -0.4 is 10.4 Å². The summed E-state index contributed by atoms with van der Waals surface area (Å²) >= 11 is 0. The number of aliphatic hydroxyl groups is 3. The molecule has 3 N–H and O–H groups in total. The second kappa shape index (κ2) is 39.8. The summed E-state index contributed by atoms with van der Waals surface area (Å²) in [5.74, 6) is 9.28. The SMILES string of the molecule is C[C@H]1CC[C@@]2(C)C(=CC(=O)C3C2CC[C@@]2(C)C3CCC23OCCO3)C1.C[C@H]1CC[C@@]2(C)C(CC(=O)C3C2CC[C@@]2(C)C3CCC23OCCO3)C1.C[C@H]1CC[C@@]2(C)C(CC(=O)OC3C2CC[C@@]2(C)C3CCC23OCCO3)C1.C[C@H]1CC[C@](C)(C2CC[C@@]3(C)C(CCC34OCCO4)[C@@H]2O)[C@@H](CCO)C1.C[C@H]1CC[C@](C)(C2CC[C@@]3(C)C(CCC34OCCO4)[C@@H]2O)[C@@H](CCO[Si](c2ccccc2)(c2ccccc2)C(C)(C)C)C1. The molecule has 22 fully saturated rings. The van der Waals surface area contributed by atoms with Gasteiger partial charge in [-0.15, -0.1) is 0 Å². The molecule has 810 valence electrons. The molecule has 0 amide bonds. The minimum atomic E-state index is -2.57. The number of fused-ring (bicyclic) bond motifs is 22. The van der Waals surface area contributed by atoms with Crippen LogP contribution in [-0.4, -0.2) is 168 Å². The first-order chi connectivity index (χ1) is 69.0. The molecule has 2 aromatic carbocycles. The molecule has 6 saturated heterocycles. The second-order valence-corrected chi connectivity index (χ2v) is 61.4. The van der Waals surface area contributed by atoms with Gasteiger partial charge < -0.3 is 71.9 Å². The van der Waals surface area contributed by atoms with Crippen LogP contribution >= 0.6 is 0 Å². The Hall–Kier alpha value is -3.35. The Morgan fingerprint density at radius 2 is 0.697 bits per heavy atom. The zero-order valence-electron chi connectivity index (χ0n) is 93.2. The average molecular weight is 2030 g/mol. The third kappa shape index (κ3) is 17.1. The van der Waals surface area contributed by atoms with E-state index in [0.717, 1.165) is 185 Å². The molecule has 34 atom stereocenters. The Bertz CT molecular complexity index is 4870. The monoisotopic (exact) mass is 2020 g/mol. The number of aliphatic hydroxyl groups excluding tert-OH is 3. The van der Waals surface area contributed by atoms with Gasteiger partial charge >= 0.3 is 5.97 Å². The largest absolute Gasteiger partial charge is 0.462 e. The minimum absolute atomic E-state index is 0.00396. The van der Waals surface area contributed by atoms with Crippen molar-refractivity contribution < 1.29 is 86.2 Å². The van der Waals surface area contributed by atoms with Crippen molar-refractivity contribution in [3.63, 3.8) is 0 Å². The number of rotatable bonds is 10. The van der Waals surface area contributed by atoms with Crippen molar-refractivity contribution in [3.05, 3.63) is 72.3 Å². The van der Waals surface area contributed by atoms with E-state index in [4.69, 9.17) is 56.5 Å². The Morgan fingerprint density at radius 3 is 1.13 bits per heavy atom. The molecule has 2 aromatic rings. The molecular formula is C126H194O18Si. The Morgan fingerprint density at radius 1 is 0.352 bits per heavy atom. The van der Waals surface area contributed by atoms with Crippen LogP contribution in [0.1, 0.15) is 375 Å². The quantitative estimate of drug-likeness (QED) is 0.149. The maximum absolute atomic E-state index is 13.3. The van der Waals surface area contributed by atoms with E-state index in [2.05, 4.69) is 191 Å². The van der Waals surface area contributed by atoms with E-state index in [-0.39, 0.29) is 114 Å². The molecule has 23 aliphatic rings. The Kier molecular flexibility index (Phi) is 29.4. The topological polar surface area (TPSA) is 223 Å². The lowest BCUT2D eigenvalue weighted by molar-refractivity contribution is -0.250. The van der Waals surface area contributed by atoms with Crippen molar-refractivity contribution in [2.75, 3.05) is 79.3 Å². The van der Waals surface area contributed by atoms with Crippen molar-refractivity contribution in [1.82, 2.24) is 0 Å². The van der Waals surface area contributed by atoms with Crippen molar-refractivity contribution in [1.29, 1.82) is 0 Å². The molecule has 15 unspecified atom stereocenters. The van der Waals surface area contributed by atoms with Gasteiger partial charge in [-0.1, -0.05) is 217 Å². The highest BCUT2D eigenvalue weighted by atomic mass is 28.4. The molecule has 6 heterocycles. The van der Waals surface area contributed by atoms with E-state index in [0.29, 0.717) is 153 Å². The molecule has 5 spiro atoms. The number of benzene rings is 2. The molecule has 25 rings (SSSR count). The van der Waals surface area contributed by atoms with Crippen LogP contribution in [-0.2, 0) is 70.9 Å². The highest BCUT2D eigenvalue weighted by molar-refractivity contribution is 6.99. The van der Waals surface area contributed by atoms with Crippen molar-refractivity contribution in [3.8, 4) is 0 Å². The molecule has 0 radical (unpaired) electrons. The first-order valence-corrected chi connectivity index (χ1v) is 62.0. The summed E-state index contributed by atoms with van der Waals surface area (Å²) in [4.78, 5) is 39.4. The van der Waals surface area contributed by atoms with Crippen LogP contribution in [0, 0.1) is 178 Å². The van der Waals surface area contributed by atoms with Crippen LogP contribution in [0.25, 0.3) is 0 Å². The van der Waals surface area contributed by atoms with Crippen LogP contribution in [0.3, 0.4) is 0 Å². The fourth-order valence-electron chi connectivity index (χ4n) is 41.0. The third-order valence-corrected chi connectivity index (χ3v) is 54.9. The average Bonchev–Trinajstić information content (AvgIpc) is 1.53. The van der Waals surface area contributed by atoms with E-state index in [1.165, 1.54) is 119 Å². The lowest BCUT2D eigenvalue weighted by Gasteiger charge is -2.60. The fourth-order valence-corrected chi connectivity index (χ4v) is 45.6. The van der Waals surface area contributed by atoms with E-state index < -0.39 is 31.5 Å². The van der Waals surface area contributed by atoms with E-state index in [9.17, 15) is 29.7 Å². The zero-order chi connectivity index (χ0) is 102. The maximum atomic E-state index is 13.3. The number of esters is 1. The number of hydrogen-bond acceptors (Lipinski definition) is 18. The summed E-state index contributed by atoms with van der Waals surface area (Å²) in [6.07, 6.45) is 44.8. The zero-order valence-corrected chi connectivity index (χ0v) is 94.2. The predicted octanol–water partition coefficient (Wildman–Crippen LogP) is 24.5. The van der Waals surface area contributed by atoms with Gasteiger partial charge in [-0.3, -0.25) is 14.4 Å². The molecule has 16 saturated carbocycles. The highest BCUT2D eigenvalue weighted by Gasteiger charge is 2.75. The number of ketones is 2. The van der Waals surface area contributed by atoms with Gasteiger partial charge in [0.05, 0.1) is 78.3 Å². The molecule has 19 heteroatoms. The summed E-state index contributed by atoms with van der Waals surface area (Å²) in [5.41, 5.74) is 2.44. The van der Waals surface area contributed by atoms with Gasteiger partial charge in [-0.25, -0.2) is 0 Å². The molecular weight excluding hydrogens is 1830 g/mol. The first kappa shape index (κ1) is 107. The van der Waals surface area contributed by atoms with Crippen molar-refractivity contribution >= 4 is 36.2 Å². The summed E-state index contributed by atoms with van der Waals surface area (Å²) in [6.45, 7) is 51.1. The standard InChI is InChI=1S/C38H56O4Si.C22H34O4.C22H38O4.C22H34O3.C22H32O3/c1-28-17-21-36(5,32-18-22-37(6)33(34(32)39)19-23-38(37)40-25-26-41-38)29(27-28)20-24-42-43(35(2,3)4,30-13-9-7-10-14-30)31-15-11-8-12-16-31;1-14-4-7-20(2)15(12-14)13-18(23)26-19-16(20)5-8-21(3)17(19)6-9-22(21)24-10-11-25-22;1-15-4-8-20(2,16(14-15)7-11-23)17-5-9-21(3)18(19(17)24)6-10-22(21)25-12-13-26-22;2*1-14-4-7-20(2)15(12-14)13-18(23)19-16(20)5-8-21(3)17(19)6-9-22(21)24-10-11-25-22/h7-16,28-29,32-34,39H,17-27H2,1-6H3;14-17,19H,4-13H2,1-3H3;15-19,23-24H,4-14H2,1-3H3;14-17,19H,4-13H2,1-3H3;13-14,16-17,19H,4-12H2,1-3H3/t28-,29-,32?,33?,34+,36-,37-;14-,15?,16?,17?,19?,20-,21-;15-,16-,17?,18?,19+,20-,21-;14-,15?,16?,17?,19?,20-,21-;14-,16?,17?,19?,20-,21-/m00000/s1. The fraction of sp³-hybridized carbons (Fsp3) is 0.865. The number of carbonyl (C=O) groups is 3. The van der Waals surface area contributed by atoms with Crippen LogP contribution in [0.5, 0.6) is 0 Å². The minimum Gasteiger partial charge on any atom is -0.462 e. The van der Waals surface area contributed by atoms with E-state index in [1.807, 2.05) is 0 Å². The third-order valence-electron chi connectivity index (χ3n) is 49.9. The first-order valence-electron chi connectivity index (χ1n) is 60.1. The Labute approximate surface area is 874 Å². The van der Waals surface area contributed by atoms with Crippen molar-refractivity contribution in [2.24, 2.45) is 178 Å². The van der Waals surface area contributed by atoms with Crippen LogP contribution in [0.15, 0.2) is 72.3 Å². The van der Waals surface area contributed by atoms with E-state index >= 15 is 0 Å². The summed E-state index contributed by atoms with van der Waals surface area (Å²) in [5, 5.41) is 36.0. The van der Waals surface area contributed by atoms with Gasteiger partial charge in [0.1, 0.15) is 11.9 Å². The predicted molar refractivity (Wildman–Crippen MR) is 567 cm³/mol. The van der Waals surface area contributed by atoms with Crippen molar-refractivity contribution in [2.45, 2.75) is 427 Å². The Balaban J connectivity index is 0.000000109. The molecule has 145 heavy (non-hydrogen) atoms. The highest BCUT2D eigenvalue weighted by Crippen LogP contribution is 2.75. The van der Waals surface area contributed by atoms with Gasteiger partial charge in [0.15, 0.2) is 34.7 Å². The molecule has 17 aliphatic carbocycles. The molecule has 0 aromatic heterocycles. The normalized spacial score (nSPS) is 47.4. The molecule has 6 aliphatic heterocycles. The molecule has 0 bridgehead atoms.